The van der Waals surface area contributed by atoms with E-state index in [1.165, 1.54) is 11.1 Å². The first-order valence-corrected chi connectivity index (χ1v) is 6.01. The third-order valence-electron chi connectivity index (χ3n) is 3.20. The van der Waals surface area contributed by atoms with Gasteiger partial charge in [-0.15, -0.1) is 0 Å². The van der Waals surface area contributed by atoms with Crippen molar-refractivity contribution in [2.45, 2.75) is 32.6 Å². The topological polar surface area (TPSA) is 26.3 Å². The second-order valence-electron chi connectivity index (χ2n) is 4.30. The Balaban J connectivity index is 1.97. The van der Waals surface area contributed by atoms with E-state index in [4.69, 9.17) is 4.74 Å². The van der Waals surface area contributed by atoms with Gasteiger partial charge < -0.3 is 4.74 Å². The Kier molecular flexibility index (Phi) is 3.28. The van der Waals surface area contributed by atoms with Gasteiger partial charge in [0.25, 0.3) is 0 Å². The maximum absolute atomic E-state index is 11.5. The zero-order valence-corrected chi connectivity index (χ0v) is 9.90. The zero-order chi connectivity index (χ0) is 11.5. The molecule has 1 fully saturated rings. The molecule has 2 nitrogen and oxygen atoms in total. The van der Waals surface area contributed by atoms with Crippen LogP contribution in [0.15, 0.2) is 24.3 Å². The van der Waals surface area contributed by atoms with Crippen LogP contribution in [0.4, 0.5) is 0 Å². The van der Waals surface area contributed by atoms with Gasteiger partial charge in [0.2, 0.25) is 0 Å². The van der Waals surface area contributed by atoms with E-state index in [2.05, 4.69) is 31.2 Å². The molecule has 0 N–H and O–H groups in total. The van der Waals surface area contributed by atoms with E-state index in [0.29, 0.717) is 12.5 Å². The van der Waals surface area contributed by atoms with Crippen LogP contribution in [0.2, 0.25) is 0 Å². The summed E-state index contributed by atoms with van der Waals surface area (Å²) in [5.74, 6) is 0.462. The number of carbonyl (C=O) groups excluding carboxylic acids is 1. The lowest BCUT2D eigenvalue weighted by atomic mass is 10.1. The van der Waals surface area contributed by atoms with E-state index in [1.54, 1.807) is 0 Å². The molecular formula is C14H18O2. The van der Waals surface area contributed by atoms with Gasteiger partial charge in [-0.05, 0) is 36.8 Å². The lowest BCUT2D eigenvalue weighted by Gasteiger charge is -2.02. The molecule has 0 aromatic heterocycles. The molecule has 1 aliphatic carbocycles. The first-order chi connectivity index (χ1) is 7.76. The van der Waals surface area contributed by atoms with Crippen molar-refractivity contribution < 1.29 is 9.53 Å². The molecule has 0 amide bonds. The van der Waals surface area contributed by atoms with Gasteiger partial charge in [-0.2, -0.15) is 0 Å². The summed E-state index contributed by atoms with van der Waals surface area (Å²) in [5, 5.41) is 0. The Labute approximate surface area is 96.6 Å². The maximum atomic E-state index is 11.5. The molecule has 1 saturated carbocycles. The number of hydrogen-bond donors (Lipinski definition) is 0. The first kappa shape index (κ1) is 11.2. The predicted octanol–water partition coefficient (Wildman–Crippen LogP) is 2.92. The Morgan fingerprint density at radius 2 is 2.00 bits per heavy atom. The van der Waals surface area contributed by atoms with Crippen LogP contribution in [0.1, 0.15) is 37.3 Å². The van der Waals surface area contributed by atoms with E-state index in [1.807, 2.05) is 6.92 Å². The molecule has 1 aromatic carbocycles. The molecule has 0 unspecified atom stereocenters. The Hall–Kier alpha value is -1.31. The van der Waals surface area contributed by atoms with Gasteiger partial charge in [0.05, 0.1) is 12.5 Å². The number of benzene rings is 1. The Morgan fingerprint density at radius 3 is 2.56 bits per heavy atom. The molecular weight excluding hydrogens is 200 g/mol. The second-order valence-corrected chi connectivity index (χ2v) is 4.30. The molecule has 0 saturated heterocycles. The Morgan fingerprint density at radius 1 is 1.31 bits per heavy atom. The molecule has 0 bridgehead atoms. The van der Waals surface area contributed by atoms with Crippen LogP contribution in [-0.4, -0.2) is 12.6 Å². The van der Waals surface area contributed by atoms with Crippen LogP contribution >= 0.6 is 0 Å². The van der Waals surface area contributed by atoms with Crippen molar-refractivity contribution in [1.82, 2.24) is 0 Å². The molecule has 1 aliphatic rings. The van der Waals surface area contributed by atoms with E-state index in [-0.39, 0.29) is 11.9 Å². The summed E-state index contributed by atoms with van der Waals surface area (Å²) < 4.78 is 5.02. The number of aryl methyl sites for hydroxylation is 1. The minimum Gasteiger partial charge on any atom is -0.466 e. The van der Waals surface area contributed by atoms with Gasteiger partial charge >= 0.3 is 5.97 Å². The van der Waals surface area contributed by atoms with Crippen molar-refractivity contribution >= 4 is 5.97 Å². The normalized spacial score (nSPS) is 22.9. The zero-order valence-electron chi connectivity index (χ0n) is 9.90. The highest BCUT2D eigenvalue weighted by Gasteiger charge is 2.44. The summed E-state index contributed by atoms with van der Waals surface area (Å²) in [6, 6.07) is 8.58. The second kappa shape index (κ2) is 4.69. The van der Waals surface area contributed by atoms with E-state index in [0.717, 1.165) is 12.8 Å². The third kappa shape index (κ3) is 2.26. The van der Waals surface area contributed by atoms with Gasteiger partial charge in [0.15, 0.2) is 0 Å². The predicted molar refractivity (Wildman–Crippen MR) is 63.3 cm³/mol. The highest BCUT2D eigenvalue weighted by atomic mass is 16.5. The fourth-order valence-electron chi connectivity index (χ4n) is 2.07. The summed E-state index contributed by atoms with van der Waals surface area (Å²) in [7, 11) is 0. The summed E-state index contributed by atoms with van der Waals surface area (Å²) in [5.41, 5.74) is 2.62. The lowest BCUT2D eigenvalue weighted by Crippen LogP contribution is -2.07. The number of rotatable bonds is 4. The van der Waals surface area contributed by atoms with Crippen LogP contribution in [-0.2, 0) is 16.0 Å². The summed E-state index contributed by atoms with van der Waals surface area (Å²) in [6.45, 7) is 4.48. The van der Waals surface area contributed by atoms with Crippen LogP contribution < -0.4 is 0 Å². The summed E-state index contributed by atoms with van der Waals surface area (Å²) >= 11 is 0. The van der Waals surface area contributed by atoms with Gasteiger partial charge in [-0.3, -0.25) is 4.79 Å². The first-order valence-electron chi connectivity index (χ1n) is 6.01. The van der Waals surface area contributed by atoms with Crippen molar-refractivity contribution in [3.05, 3.63) is 35.4 Å². The monoisotopic (exact) mass is 218 g/mol. The molecule has 0 heterocycles. The molecule has 2 heteroatoms. The molecule has 0 aliphatic heterocycles. The largest absolute Gasteiger partial charge is 0.466 e. The van der Waals surface area contributed by atoms with Crippen LogP contribution in [0.5, 0.6) is 0 Å². The van der Waals surface area contributed by atoms with Gasteiger partial charge in [0.1, 0.15) is 0 Å². The summed E-state index contributed by atoms with van der Waals surface area (Å²) in [4.78, 5) is 11.5. The molecule has 16 heavy (non-hydrogen) atoms. The fourth-order valence-corrected chi connectivity index (χ4v) is 2.07. The molecule has 86 valence electrons. The minimum absolute atomic E-state index is 0.0351. The highest BCUT2D eigenvalue weighted by molar-refractivity contribution is 5.77. The molecule has 2 rings (SSSR count). The van der Waals surface area contributed by atoms with Crippen molar-refractivity contribution in [2.75, 3.05) is 6.61 Å². The SMILES string of the molecule is CCOC(=O)[C@H]1C[C@@H]1c1ccc(CC)cc1. The van der Waals surface area contributed by atoms with E-state index in [9.17, 15) is 4.79 Å². The molecule has 0 spiro atoms. The van der Waals surface area contributed by atoms with Gasteiger partial charge in [0, 0.05) is 0 Å². The van der Waals surface area contributed by atoms with E-state index >= 15 is 0 Å². The molecule has 2 atom stereocenters. The smallest absolute Gasteiger partial charge is 0.309 e. The average Bonchev–Trinajstić information content (AvgIpc) is 3.09. The van der Waals surface area contributed by atoms with Crippen molar-refractivity contribution in [3.8, 4) is 0 Å². The van der Waals surface area contributed by atoms with E-state index < -0.39 is 0 Å². The number of ether oxygens (including phenoxy) is 1. The number of hydrogen-bond acceptors (Lipinski definition) is 2. The quantitative estimate of drug-likeness (QED) is 0.726. The number of esters is 1. The highest BCUT2D eigenvalue weighted by Crippen LogP contribution is 2.48. The average molecular weight is 218 g/mol. The van der Waals surface area contributed by atoms with Gasteiger partial charge in [-0.1, -0.05) is 31.2 Å². The molecule has 0 radical (unpaired) electrons. The lowest BCUT2D eigenvalue weighted by molar-refractivity contribution is -0.144. The standard InChI is InChI=1S/C14H18O2/c1-3-10-5-7-11(8-6-10)12-9-13(12)14(15)16-4-2/h5-8,12-13H,3-4,9H2,1-2H3/t12-,13+/m1/s1. The van der Waals surface area contributed by atoms with Crippen LogP contribution in [0.3, 0.4) is 0 Å². The molecule has 1 aromatic rings. The van der Waals surface area contributed by atoms with Crippen molar-refractivity contribution in [2.24, 2.45) is 5.92 Å². The van der Waals surface area contributed by atoms with Crippen molar-refractivity contribution in [1.29, 1.82) is 0 Å². The summed E-state index contributed by atoms with van der Waals surface area (Å²) in [6.07, 6.45) is 2.01. The Bertz CT molecular complexity index is 367. The van der Waals surface area contributed by atoms with Crippen LogP contribution in [0.25, 0.3) is 0 Å². The minimum atomic E-state index is -0.0351. The van der Waals surface area contributed by atoms with Crippen molar-refractivity contribution in [3.63, 3.8) is 0 Å². The fraction of sp³-hybridized carbons (Fsp3) is 0.500. The van der Waals surface area contributed by atoms with Gasteiger partial charge in [-0.25, -0.2) is 0 Å². The van der Waals surface area contributed by atoms with Crippen LogP contribution in [0, 0.1) is 5.92 Å². The third-order valence-corrected chi connectivity index (χ3v) is 3.20. The maximum Gasteiger partial charge on any atom is 0.309 e. The number of carbonyl (C=O) groups is 1.